The molecule has 1 atom stereocenters. The van der Waals surface area contributed by atoms with E-state index in [2.05, 4.69) is 39.6 Å². The van der Waals surface area contributed by atoms with Crippen LogP contribution in [0.25, 0.3) is 0 Å². The van der Waals surface area contributed by atoms with Crippen LogP contribution in [-0.4, -0.2) is 12.2 Å². The second-order valence-electron chi connectivity index (χ2n) is 3.53. The van der Waals surface area contributed by atoms with Crippen molar-refractivity contribution in [1.29, 1.82) is 0 Å². The molecule has 0 saturated heterocycles. The molecule has 0 amide bonds. The van der Waals surface area contributed by atoms with Crippen molar-refractivity contribution in [3.05, 3.63) is 12.2 Å². The van der Waals surface area contributed by atoms with Crippen LogP contribution >= 0.6 is 0 Å². The minimum absolute atomic E-state index is 0.0602. The van der Waals surface area contributed by atoms with Crippen LogP contribution in [0, 0.1) is 5.92 Å². The lowest BCUT2D eigenvalue weighted by Crippen LogP contribution is -2.43. The molecule has 0 aromatic rings. The molecular weight excluding hydrogens is 136 g/mol. The zero-order valence-corrected chi connectivity index (χ0v) is 8.02. The van der Waals surface area contributed by atoms with Crippen molar-refractivity contribution in [2.45, 2.75) is 39.9 Å². The van der Waals surface area contributed by atoms with Gasteiger partial charge in [-0.3, -0.25) is 5.32 Å². The maximum atomic E-state index is 5.81. The van der Waals surface area contributed by atoms with E-state index in [0.29, 0.717) is 12.0 Å². The van der Waals surface area contributed by atoms with Gasteiger partial charge in [-0.05, 0) is 25.3 Å². The van der Waals surface area contributed by atoms with Gasteiger partial charge in [-0.15, -0.1) is 0 Å². The molecule has 0 rings (SSSR count). The first kappa shape index (κ1) is 10.7. The molecule has 2 heteroatoms. The van der Waals surface area contributed by atoms with Crippen LogP contribution in [0.2, 0.25) is 0 Å². The van der Waals surface area contributed by atoms with Gasteiger partial charge in [0, 0.05) is 6.04 Å². The van der Waals surface area contributed by atoms with E-state index in [-0.39, 0.29) is 6.17 Å². The van der Waals surface area contributed by atoms with Gasteiger partial charge in [-0.2, -0.15) is 0 Å². The highest BCUT2D eigenvalue weighted by molar-refractivity contribution is 5.05. The fraction of sp³-hybridized carbons (Fsp3) is 0.778. The number of rotatable bonds is 4. The van der Waals surface area contributed by atoms with Crippen LogP contribution < -0.4 is 11.1 Å². The minimum Gasteiger partial charge on any atom is -0.312 e. The lowest BCUT2D eigenvalue weighted by atomic mass is 10.0. The lowest BCUT2D eigenvalue weighted by molar-refractivity contribution is 0.489. The van der Waals surface area contributed by atoms with Crippen LogP contribution in [0.3, 0.4) is 0 Å². The summed E-state index contributed by atoms with van der Waals surface area (Å²) in [4.78, 5) is 0. The van der Waals surface area contributed by atoms with E-state index in [0.717, 1.165) is 5.57 Å². The molecule has 0 bridgehead atoms. The second kappa shape index (κ2) is 4.52. The van der Waals surface area contributed by atoms with Crippen molar-refractivity contribution in [2.75, 3.05) is 0 Å². The lowest BCUT2D eigenvalue weighted by Gasteiger charge is -2.21. The van der Waals surface area contributed by atoms with Gasteiger partial charge in [0.05, 0.1) is 6.17 Å². The Kier molecular flexibility index (Phi) is 4.38. The van der Waals surface area contributed by atoms with Gasteiger partial charge in [0.25, 0.3) is 0 Å². The molecule has 0 radical (unpaired) electrons. The smallest absolute Gasteiger partial charge is 0.0770 e. The first-order valence-corrected chi connectivity index (χ1v) is 4.15. The van der Waals surface area contributed by atoms with E-state index < -0.39 is 0 Å². The number of hydrogen-bond donors (Lipinski definition) is 2. The molecule has 0 aliphatic rings. The van der Waals surface area contributed by atoms with Gasteiger partial charge in [0.2, 0.25) is 0 Å². The number of nitrogens with two attached hydrogens (primary N) is 1. The van der Waals surface area contributed by atoms with Gasteiger partial charge in [0.1, 0.15) is 0 Å². The summed E-state index contributed by atoms with van der Waals surface area (Å²) >= 11 is 0. The fourth-order valence-electron chi connectivity index (χ4n) is 0.825. The Morgan fingerprint density at radius 3 is 2.00 bits per heavy atom. The second-order valence-corrected chi connectivity index (χ2v) is 3.53. The highest BCUT2D eigenvalue weighted by atomic mass is 15.0. The van der Waals surface area contributed by atoms with Gasteiger partial charge in [-0.1, -0.05) is 20.4 Å². The Morgan fingerprint density at radius 1 is 1.27 bits per heavy atom. The Bertz CT molecular complexity index is 128. The quantitative estimate of drug-likeness (QED) is 0.478. The maximum absolute atomic E-state index is 5.81. The van der Waals surface area contributed by atoms with Gasteiger partial charge < -0.3 is 5.73 Å². The zero-order valence-electron chi connectivity index (χ0n) is 8.02. The number of nitrogens with one attached hydrogen (secondary N) is 1. The maximum Gasteiger partial charge on any atom is 0.0770 e. The van der Waals surface area contributed by atoms with E-state index in [1.54, 1.807) is 0 Å². The van der Waals surface area contributed by atoms with E-state index in [1.807, 2.05) is 0 Å². The van der Waals surface area contributed by atoms with Crippen molar-refractivity contribution in [3.63, 3.8) is 0 Å². The molecule has 2 nitrogen and oxygen atoms in total. The van der Waals surface area contributed by atoms with Crippen LogP contribution in [0.4, 0.5) is 0 Å². The molecule has 0 spiro atoms. The number of hydrogen-bond acceptors (Lipinski definition) is 2. The van der Waals surface area contributed by atoms with E-state index >= 15 is 0 Å². The molecule has 11 heavy (non-hydrogen) atoms. The molecule has 0 saturated carbocycles. The summed E-state index contributed by atoms with van der Waals surface area (Å²) in [6.07, 6.45) is -0.0602. The summed E-state index contributed by atoms with van der Waals surface area (Å²) in [6, 6.07) is 0.417. The third-order valence-corrected chi connectivity index (χ3v) is 1.65. The van der Waals surface area contributed by atoms with E-state index in [1.165, 1.54) is 0 Å². The molecule has 0 heterocycles. The Hall–Kier alpha value is -0.340. The van der Waals surface area contributed by atoms with E-state index in [9.17, 15) is 0 Å². The highest BCUT2D eigenvalue weighted by Crippen LogP contribution is 2.08. The van der Waals surface area contributed by atoms with Gasteiger partial charge >= 0.3 is 0 Å². The predicted molar refractivity (Wildman–Crippen MR) is 50.2 cm³/mol. The van der Waals surface area contributed by atoms with Crippen molar-refractivity contribution < 1.29 is 0 Å². The molecule has 0 aliphatic carbocycles. The Morgan fingerprint density at radius 2 is 1.73 bits per heavy atom. The molecule has 1 unspecified atom stereocenters. The van der Waals surface area contributed by atoms with Gasteiger partial charge in [-0.25, -0.2) is 0 Å². The van der Waals surface area contributed by atoms with E-state index in [4.69, 9.17) is 5.73 Å². The third kappa shape index (κ3) is 4.17. The van der Waals surface area contributed by atoms with Crippen molar-refractivity contribution >= 4 is 0 Å². The molecule has 0 fully saturated rings. The van der Waals surface area contributed by atoms with Crippen molar-refractivity contribution in [2.24, 2.45) is 11.7 Å². The third-order valence-electron chi connectivity index (χ3n) is 1.65. The summed E-state index contributed by atoms with van der Waals surface area (Å²) in [6.45, 7) is 12.3. The monoisotopic (exact) mass is 156 g/mol. The molecule has 66 valence electrons. The average molecular weight is 156 g/mol. The predicted octanol–water partition coefficient (Wildman–Crippen LogP) is 1.48. The summed E-state index contributed by atoms with van der Waals surface area (Å²) in [5.41, 5.74) is 6.88. The molecule has 0 aromatic heterocycles. The van der Waals surface area contributed by atoms with Crippen LogP contribution in [0.5, 0.6) is 0 Å². The summed E-state index contributed by atoms with van der Waals surface area (Å²) in [7, 11) is 0. The zero-order chi connectivity index (χ0) is 9.02. The Balaban J connectivity index is 3.83. The Labute approximate surface area is 69.9 Å². The van der Waals surface area contributed by atoms with Crippen LogP contribution in [-0.2, 0) is 0 Å². The van der Waals surface area contributed by atoms with Crippen LogP contribution in [0.1, 0.15) is 27.7 Å². The largest absolute Gasteiger partial charge is 0.312 e. The molecule has 0 aromatic carbocycles. The topological polar surface area (TPSA) is 38.0 Å². The SMILES string of the molecule is C=C(C(C)C)C(N)NC(C)C. The van der Waals surface area contributed by atoms with Crippen molar-refractivity contribution in [1.82, 2.24) is 5.32 Å². The highest BCUT2D eigenvalue weighted by Gasteiger charge is 2.10. The summed E-state index contributed by atoms with van der Waals surface area (Å²) < 4.78 is 0. The first-order chi connectivity index (χ1) is 4.95. The fourth-order valence-corrected chi connectivity index (χ4v) is 0.825. The normalized spacial score (nSPS) is 14.1. The van der Waals surface area contributed by atoms with Crippen LogP contribution in [0.15, 0.2) is 12.2 Å². The molecular formula is C9H20N2. The summed E-state index contributed by atoms with van der Waals surface area (Å²) in [5.74, 6) is 0.455. The van der Waals surface area contributed by atoms with Gasteiger partial charge in [0.15, 0.2) is 0 Å². The summed E-state index contributed by atoms with van der Waals surface area (Å²) in [5, 5.41) is 3.20. The standard InChI is InChI=1S/C9H20N2/c1-6(2)8(5)9(10)11-7(3)4/h6-7,9,11H,5,10H2,1-4H3. The van der Waals surface area contributed by atoms with Crippen molar-refractivity contribution in [3.8, 4) is 0 Å². The molecule has 3 N–H and O–H groups in total. The minimum atomic E-state index is -0.0602. The molecule has 0 aliphatic heterocycles. The average Bonchev–Trinajstić information content (AvgIpc) is 1.84. The first-order valence-electron chi connectivity index (χ1n) is 4.15.